The van der Waals surface area contributed by atoms with Gasteiger partial charge in [0.25, 0.3) is 0 Å². The van der Waals surface area contributed by atoms with Gasteiger partial charge in [0.05, 0.1) is 6.61 Å². The van der Waals surface area contributed by atoms with Crippen LogP contribution in [-0.2, 0) is 0 Å². The van der Waals surface area contributed by atoms with E-state index in [2.05, 4.69) is 17.1 Å². The van der Waals surface area contributed by atoms with Crippen LogP contribution in [0.1, 0.15) is 26.2 Å². The largest absolute Gasteiger partial charge is 0.395 e. The minimum Gasteiger partial charge on any atom is -0.395 e. The predicted molar refractivity (Wildman–Crippen MR) is 62.8 cm³/mol. The van der Waals surface area contributed by atoms with E-state index >= 15 is 0 Å². The van der Waals surface area contributed by atoms with E-state index < -0.39 is 0 Å². The fourth-order valence-corrected chi connectivity index (χ4v) is 2.34. The normalized spacial score (nSPS) is 29.0. The molecule has 0 aromatic heterocycles. The first-order valence-electron chi connectivity index (χ1n) is 6.04. The Morgan fingerprint density at radius 2 is 2.20 bits per heavy atom. The molecule has 1 atom stereocenters. The molecule has 0 radical (unpaired) electrons. The Kier molecular flexibility index (Phi) is 5.53. The van der Waals surface area contributed by atoms with Crippen LogP contribution in [0.15, 0.2) is 0 Å². The van der Waals surface area contributed by atoms with Crippen LogP contribution in [-0.4, -0.2) is 54.9 Å². The zero-order valence-electron chi connectivity index (χ0n) is 9.84. The van der Waals surface area contributed by atoms with Crippen LogP contribution < -0.4 is 11.1 Å². The molecule has 90 valence electrons. The van der Waals surface area contributed by atoms with E-state index in [9.17, 15) is 0 Å². The molecule has 0 bridgehead atoms. The third-order valence-corrected chi connectivity index (χ3v) is 3.49. The Morgan fingerprint density at radius 3 is 2.80 bits per heavy atom. The first-order chi connectivity index (χ1) is 7.26. The molecular formula is C11H25N3O. The average Bonchev–Trinajstić information content (AvgIpc) is 2.49. The summed E-state index contributed by atoms with van der Waals surface area (Å²) in [6.07, 6.45) is 3.42. The van der Waals surface area contributed by atoms with Gasteiger partial charge in [0.2, 0.25) is 0 Å². The van der Waals surface area contributed by atoms with Gasteiger partial charge in [-0.15, -0.1) is 0 Å². The van der Waals surface area contributed by atoms with Crippen LogP contribution in [0.3, 0.4) is 0 Å². The molecule has 0 aromatic rings. The van der Waals surface area contributed by atoms with Gasteiger partial charge in [-0.1, -0.05) is 6.92 Å². The van der Waals surface area contributed by atoms with Crippen molar-refractivity contribution in [3.63, 3.8) is 0 Å². The minimum atomic E-state index is 0.0622. The molecule has 1 heterocycles. The highest BCUT2D eigenvalue weighted by atomic mass is 16.3. The number of hydrogen-bond donors (Lipinski definition) is 3. The third-order valence-electron chi connectivity index (χ3n) is 3.49. The summed E-state index contributed by atoms with van der Waals surface area (Å²) < 4.78 is 0. The van der Waals surface area contributed by atoms with Crippen molar-refractivity contribution in [1.82, 2.24) is 10.2 Å². The molecule has 1 saturated heterocycles. The zero-order valence-corrected chi connectivity index (χ0v) is 9.84. The van der Waals surface area contributed by atoms with E-state index in [1.165, 1.54) is 13.0 Å². The SMILES string of the molecule is CCN1CCCC(CN)(NCCO)CC1. The quantitative estimate of drug-likeness (QED) is 0.593. The molecule has 0 saturated carbocycles. The number of rotatable bonds is 5. The molecule has 0 aliphatic carbocycles. The lowest BCUT2D eigenvalue weighted by molar-refractivity contribution is 0.232. The van der Waals surface area contributed by atoms with Crippen molar-refractivity contribution in [3.05, 3.63) is 0 Å². The van der Waals surface area contributed by atoms with Crippen molar-refractivity contribution < 1.29 is 5.11 Å². The molecule has 4 nitrogen and oxygen atoms in total. The lowest BCUT2D eigenvalue weighted by atomic mass is 9.90. The number of likely N-dealkylation sites (tertiary alicyclic amines) is 1. The Bertz CT molecular complexity index is 177. The summed E-state index contributed by atoms with van der Waals surface area (Å²) in [4.78, 5) is 2.47. The zero-order chi connectivity index (χ0) is 11.1. The summed E-state index contributed by atoms with van der Waals surface area (Å²) in [5.74, 6) is 0. The van der Waals surface area contributed by atoms with Gasteiger partial charge in [-0.25, -0.2) is 0 Å². The van der Waals surface area contributed by atoms with Crippen molar-refractivity contribution in [2.75, 3.05) is 39.3 Å². The van der Waals surface area contributed by atoms with Crippen molar-refractivity contribution in [3.8, 4) is 0 Å². The molecule has 0 amide bonds. The first kappa shape index (κ1) is 12.9. The lowest BCUT2D eigenvalue weighted by Gasteiger charge is -2.32. The van der Waals surface area contributed by atoms with Crippen LogP contribution in [0.25, 0.3) is 0 Å². The monoisotopic (exact) mass is 215 g/mol. The molecule has 1 fully saturated rings. The Balaban J connectivity index is 2.49. The average molecular weight is 215 g/mol. The highest BCUT2D eigenvalue weighted by molar-refractivity contribution is 4.92. The standard InChI is InChI=1S/C11H25N3O/c1-2-14-7-3-4-11(10-12,5-8-14)13-6-9-15/h13,15H,2-10,12H2,1H3. The number of nitrogens with one attached hydrogen (secondary N) is 1. The van der Waals surface area contributed by atoms with Gasteiger partial charge in [0, 0.05) is 18.6 Å². The van der Waals surface area contributed by atoms with E-state index in [1.54, 1.807) is 0 Å². The van der Waals surface area contributed by atoms with Crippen molar-refractivity contribution >= 4 is 0 Å². The summed E-state index contributed by atoms with van der Waals surface area (Å²) in [5.41, 5.74) is 5.93. The molecule has 1 unspecified atom stereocenters. The second-order valence-electron chi connectivity index (χ2n) is 4.42. The highest BCUT2D eigenvalue weighted by Gasteiger charge is 2.29. The van der Waals surface area contributed by atoms with Gasteiger partial charge in [0.15, 0.2) is 0 Å². The van der Waals surface area contributed by atoms with Crippen LogP contribution in [0.4, 0.5) is 0 Å². The molecule has 4 heteroatoms. The van der Waals surface area contributed by atoms with E-state index in [4.69, 9.17) is 10.8 Å². The fourth-order valence-electron chi connectivity index (χ4n) is 2.34. The summed E-state index contributed by atoms with van der Waals surface area (Å²) in [5, 5.41) is 12.3. The molecule has 1 aliphatic heterocycles. The lowest BCUT2D eigenvalue weighted by Crippen LogP contribution is -2.52. The molecule has 1 rings (SSSR count). The first-order valence-corrected chi connectivity index (χ1v) is 6.04. The fraction of sp³-hybridized carbons (Fsp3) is 1.00. The maximum Gasteiger partial charge on any atom is 0.0556 e. The highest BCUT2D eigenvalue weighted by Crippen LogP contribution is 2.21. The third kappa shape index (κ3) is 3.72. The molecule has 0 aromatic carbocycles. The summed E-state index contributed by atoms with van der Waals surface area (Å²) in [6, 6.07) is 0. The maximum absolute atomic E-state index is 8.86. The van der Waals surface area contributed by atoms with Gasteiger partial charge in [-0.2, -0.15) is 0 Å². The van der Waals surface area contributed by atoms with E-state index in [1.807, 2.05) is 0 Å². The van der Waals surface area contributed by atoms with E-state index in [-0.39, 0.29) is 12.1 Å². The Hall–Kier alpha value is -0.160. The Morgan fingerprint density at radius 1 is 1.40 bits per heavy atom. The smallest absolute Gasteiger partial charge is 0.0556 e. The number of aliphatic hydroxyl groups is 1. The van der Waals surface area contributed by atoms with Crippen LogP contribution in [0, 0.1) is 0 Å². The molecule has 0 spiro atoms. The van der Waals surface area contributed by atoms with Gasteiger partial charge in [-0.3, -0.25) is 0 Å². The summed E-state index contributed by atoms with van der Waals surface area (Å²) in [6.45, 7) is 7.15. The van der Waals surface area contributed by atoms with Crippen LogP contribution in [0.2, 0.25) is 0 Å². The topological polar surface area (TPSA) is 61.5 Å². The van der Waals surface area contributed by atoms with Gasteiger partial charge in [0.1, 0.15) is 0 Å². The summed E-state index contributed by atoms with van der Waals surface area (Å²) >= 11 is 0. The number of hydrogen-bond acceptors (Lipinski definition) is 4. The van der Waals surface area contributed by atoms with Crippen molar-refractivity contribution in [2.24, 2.45) is 5.73 Å². The van der Waals surface area contributed by atoms with E-state index in [0.717, 1.165) is 25.9 Å². The summed E-state index contributed by atoms with van der Waals surface area (Å²) in [7, 11) is 0. The molecule has 1 aliphatic rings. The second-order valence-corrected chi connectivity index (χ2v) is 4.42. The van der Waals surface area contributed by atoms with Gasteiger partial charge in [-0.05, 0) is 38.9 Å². The Labute approximate surface area is 92.8 Å². The second kappa shape index (κ2) is 6.43. The number of nitrogens with zero attached hydrogens (tertiary/aromatic N) is 1. The molecule has 15 heavy (non-hydrogen) atoms. The number of aliphatic hydroxyl groups excluding tert-OH is 1. The van der Waals surface area contributed by atoms with Crippen LogP contribution in [0.5, 0.6) is 0 Å². The molecule has 4 N–H and O–H groups in total. The van der Waals surface area contributed by atoms with Crippen LogP contribution >= 0.6 is 0 Å². The number of nitrogens with two attached hydrogens (primary N) is 1. The number of β-amino-alcohol motifs (C(OH)–C–C–N with tert-alkyl or cyclic N) is 1. The van der Waals surface area contributed by atoms with Gasteiger partial charge >= 0.3 is 0 Å². The maximum atomic E-state index is 8.86. The predicted octanol–water partition coefficient (Wildman–Crippen LogP) is -0.228. The molecular weight excluding hydrogens is 190 g/mol. The van der Waals surface area contributed by atoms with Gasteiger partial charge < -0.3 is 21.1 Å². The van der Waals surface area contributed by atoms with E-state index in [0.29, 0.717) is 13.1 Å². The van der Waals surface area contributed by atoms with Crippen molar-refractivity contribution in [2.45, 2.75) is 31.7 Å². The minimum absolute atomic E-state index is 0.0622. The van der Waals surface area contributed by atoms with Crippen molar-refractivity contribution in [1.29, 1.82) is 0 Å².